The maximum atomic E-state index is 13.2. The van der Waals surface area contributed by atoms with Crippen LogP contribution in [0.5, 0.6) is 0 Å². The van der Waals surface area contributed by atoms with E-state index in [0.29, 0.717) is 29.8 Å². The summed E-state index contributed by atoms with van der Waals surface area (Å²) in [6.45, 7) is 6.19. The number of unbranched alkanes of at least 4 members (excludes halogenated alkanes) is 3. The van der Waals surface area contributed by atoms with Crippen molar-refractivity contribution in [3.05, 3.63) is 51.9 Å². The smallest absolute Gasteiger partial charge is 0.267 e. The van der Waals surface area contributed by atoms with Gasteiger partial charge in [-0.2, -0.15) is 0 Å². The molecule has 0 bridgehead atoms. The highest BCUT2D eigenvalue weighted by molar-refractivity contribution is 5.96. The van der Waals surface area contributed by atoms with Crippen LogP contribution in [0, 0.1) is 5.41 Å². The zero-order chi connectivity index (χ0) is 23.2. The number of hydrogen-bond donors (Lipinski definition) is 2. The van der Waals surface area contributed by atoms with Crippen molar-refractivity contribution in [1.29, 1.82) is 5.41 Å². The predicted octanol–water partition coefficient (Wildman–Crippen LogP) is 2.92. The Kier molecular flexibility index (Phi) is 7.54. The molecule has 2 N–H and O–H groups in total. The molecular formula is C25H34N6O2. The predicted molar refractivity (Wildman–Crippen MR) is 130 cm³/mol. The van der Waals surface area contributed by atoms with Gasteiger partial charge < -0.3 is 14.8 Å². The molecule has 4 heterocycles. The Bertz CT molecular complexity index is 1240. The van der Waals surface area contributed by atoms with Gasteiger partial charge in [0, 0.05) is 25.8 Å². The summed E-state index contributed by atoms with van der Waals surface area (Å²) in [5, 5.41) is 12.1. The maximum Gasteiger partial charge on any atom is 0.267 e. The molecule has 3 aromatic rings. The van der Waals surface area contributed by atoms with E-state index < -0.39 is 0 Å². The van der Waals surface area contributed by atoms with Crippen molar-refractivity contribution in [1.82, 2.24) is 24.2 Å². The lowest BCUT2D eigenvalue weighted by Gasteiger charge is -2.26. The number of fused-ring (bicyclic) bond motifs is 2. The number of carbonyl (C=O) groups excluding carboxylic acids is 1. The molecule has 0 spiro atoms. The summed E-state index contributed by atoms with van der Waals surface area (Å²) in [6, 6.07) is 6.96. The molecule has 4 rings (SSSR count). The molecule has 33 heavy (non-hydrogen) atoms. The number of likely N-dealkylation sites (tertiary alicyclic amines) is 1. The molecule has 1 aliphatic rings. The van der Waals surface area contributed by atoms with E-state index in [2.05, 4.69) is 22.1 Å². The summed E-state index contributed by atoms with van der Waals surface area (Å²) < 4.78 is 3.23. The molecule has 3 aromatic heterocycles. The van der Waals surface area contributed by atoms with E-state index in [9.17, 15) is 9.59 Å². The van der Waals surface area contributed by atoms with Crippen LogP contribution in [0.1, 0.15) is 62.2 Å². The summed E-state index contributed by atoms with van der Waals surface area (Å²) in [5.74, 6) is -0.307. The molecular weight excluding hydrogens is 416 g/mol. The number of hydrogen-bond acceptors (Lipinski definition) is 5. The van der Waals surface area contributed by atoms with Crippen molar-refractivity contribution in [2.75, 3.05) is 26.2 Å². The first-order valence-electron chi connectivity index (χ1n) is 12.2. The van der Waals surface area contributed by atoms with E-state index in [1.54, 1.807) is 29.0 Å². The van der Waals surface area contributed by atoms with Crippen LogP contribution in [-0.4, -0.2) is 50.9 Å². The van der Waals surface area contributed by atoms with Crippen LogP contribution in [-0.2, 0) is 6.54 Å². The second kappa shape index (κ2) is 10.7. The van der Waals surface area contributed by atoms with Gasteiger partial charge in [-0.3, -0.25) is 19.4 Å². The topological polar surface area (TPSA) is 95.5 Å². The fourth-order valence-electron chi connectivity index (χ4n) is 4.58. The van der Waals surface area contributed by atoms with Crippen molar-refractivity contribution in [2.45, 2.75) is 58.4 Å². The van der Waals surface area contributed by atoms with Gasteiger partial charge in [-0.15, -0.1) is 0 Å². The highest BCUT2D eigenvalue weighted by atomic mass is 16.1. The number of pyridine rings is 2. The zero-order valence-corrected chi connectivity index (χ0v) is 19.5. The number of piperidine rings is 1. The van der Waals surface area contributed by atoms with Gasteiger partial charge in [0.25, 0.3) is 11.5 Å². The first-order chi connectivity index (χ1) is 16.1. The highest BCUT2D eigenvalue weighted by Gasteiger charge is 2.18. The van der Waals surface area contributed by atoms with Gasteiger partial charge in [0.05, 0.1) is 10.9 Å². The summed E-state index contributed by atoms with van der Waals surface area (Å²) in [7, 11) is 0. The average molecular weight is 451 g/mol. The van der Waals surface area contributed by atoms with Crippen molar-refractivity contribution in [3.8, 4) is 0 Å². The van der Waals surface area contributed by atoms with Gasteiger partial charge in [0.2, 0.25) is 0 Å². The van der Waals surface area contributed by atoms with Gasteiger partial charge in [-0.25, -0.2) is 4.98 Å². The summed E-state index contributed by atoms with van der Waals surface area (Å²) in [4.78, 5) is 33.3. The molecule has 0 aliphatic carbocycles. The average Bonchev–Trinajstić information content (AvgIpc) is 2.83. The van der Waals surface area contributed by atoms with Crippen molar-refractivity contribution in [3.63, 3.8) is 0 Å². The van der Waals surface area contributed by atoms with Crippen LogP contribution >= 0.6 is 0 Å². The van der Waals surface area contributed by atoms with Crippen LogP contribution in [0.2, 0.25) is 0 Å². The minimum absolute atomic E-state index is 0.113. The van der Waals surface area contributed by atoms with E-state index in [0.717, 1.165) is 45.3 Å². The standard InChI is InChI=1S/C25H34N6O2/c1-2-3-4-9-16-31-22(26)19(24(32)27-12-17-29-13-7-5-8-14-29)18-20-23(31)28-21-11-6-10-15-30(21)25(20)33/h6,10-11,15,18,26H,2-5,7-9,12-14,16-17H2,1H3,(H,27,32). The summed E-state index contributed by atoms with van der Waals surface area (Å²) >= 11 is 0. The largest absolute Gasteiger partial charge is 0.351 e. The number of aryl methyl sites for hydroxylation is 1. The SMILES string of the molecule is CCCCCCn1c(=N)c(C(=O)NCCN2CCCCC2)cc2c(=O)n3ccccc3nc21. The third-order valence-corrected chi connectivity index (χ3v) is 6.46. The summed E-state index contributed by atoms with van der Waals surface area (Å²) in [5.41, 5.74) is 1.13. The van der Waals surface area contributed by atoms with Crippen LogP contribution < -0.4 is 16.4 Å². The molecule has 0 radical (unpaired) electrons. The zero-order valence-electron chi connectivity index (χ0n) is 19.5. The lowest BCUT2D eigenvalue weighted by molar-refractivity contribution is 0.0944. The van der Waals surface area contributed by atoms with Crippen LogP contribution in [0.3, 0.4) is 0 Å². The molecule has 176 valence electrons. The Labute approximate surface area is 193 Å². The Balaban J connectivity index is 1.67. The van der Waals surface area contributed by atoms with Gasteiger partial charge in [-0.1, -0.05) is 38.7 Å². The maximum absolute atomic E-state index is 13.2. The van der Waals surface area contributed by atoms with E-state index in [-0.39, 0.29) is 22.5 Å². The van der Waals surface area contributed by atoms with E-state index >= 15 is 0 Å². The number of nitrogens with zero attached hydrogens (tertiary/aromatic N) is 4. The molecule has 0 saturated carbocycles. The molecule has 8 nitrogen and oxygen atoms in total. The van der Waals surface area contributed by atoms with E-state index in [4.69, 9.17) is 5.41 Å². The lowest BCUT2D eigenvalue weighted by Crippen LogP contribution is -2.40. The number of carbonyl (C=O) groups is 1. The molecule has 1 aliphatic heterocycles. The highest BCUT2D eigenvalue weighted by Crippen LogP contribution is 2.12. The minimum Gasteiger partial charge on any atom is -0.351 e. The van der Waals surface area contributed by atoms with Gasteiger partial charge in [-0.05, 0) is 50.6 Å². The number of amides is 1. The molecule has 0 unspecified atom stereocenters. The van der Waals surface area contributed by atoms with Crippen LogP contribution in [0.4, 0.5) is 0 Å². The first-order valence-corrected chi connectivity index (χ1v) is 12.2. The molecule has 0 atom stereocenters. The first kappa shape index (κ1) is 23.2. The Morgan fingerprint density at radius 3 is 2.73 bits per heavy atom. The minimum atomic E-state index is -0.307. The number of rotatable bonds is 9. The molecule has 1 fully saturated rings. The fraction of sp³-hybridized carbons (Fsp3) is 0.520. The molecule has 1 amide bonds. The Morgan fingerprint density at radius 2 is 1.94 bits per heavy atom. The number of aromatic nitrogens is 3. The fourth-order valence-corrected chi connectivity index (χ4v) is 4.58. The van der Waals surface area contributed by atoms with Crippen LogP contribution in [0.25, 0.3) is 16.7 Å². The summed E-state index contributed by atoms with van der Waals surface area (Å²) in [6.07, 6.45) is 9.50. The number of nitrogens with one attached hydrogen (secondary N) is 2. The Hall–Kier alpha value is -3.00. The molecule has 1 saturated heterocycles. The second-order valence-corrected chi connectivity index (χ2v) is 8.86. The third kappa shape index (κ3) is 5.16. The lowest BCUT2D eigenvalue weighted by atomic mass is 10.1. The van der Waals surface area contributed by atoms with Crippen LogP contribution in [0.15, 0.2) is 35.3 Å². The third-order valence-electron chi connectivity index (χ3n) is 6.46. The molecule has 0 aromatic carbocycles. The van der Waals surface area contributed by atoms with E-state index in [1.807, 2.05) is 6.07 Å². The quantitative estimate of drug-likeness (QED) is 0.387. The second-order valence-electron chi connectivity index (χ2n) is 8.86. The van der Waals surface area contributed by atoms with Gasteiger partial charge >= 0.3 is 0 Å². The van der Waals surface area contributed by atoms with E-state index in [1.165, 1.54) is 23.7 Å². The Morgan fingerprint density at radius 1 is 1.12 bits per heavy atom. The van der Waals surface area contributed by atoms with Gasteiger partial charge in [0.15, 0.2) is 0 Å². The van der Waals surface area contributed by atoms with Crippen molar-refractivity contribution in [2.24, 2.45) is 0 Å². The van der Waals surface area contributed by atoms with Gasteiger partial charge in [0.1, 0.15) is 16.8 Å². The molecule has 8 heteroatoms. The van der Waals surface area contributed by atoms with Crippen molar-refractivity contribution < 1.29 is 4.79 Å². The van der Waals surface area contributed by atoms with Crippen molar-refractivity contribution >= 4 is 22.6 Å². The monoisotopic (exact) mass is 450 g/mol. The normalized spacial score (nSPS) is 14.7.